The van der Waals surface area contributed by atoms with E-state index in [1.807, 2.05) is 129 Å². The van der Waals surface area contributed by atoms with Gasteiger partial charge in [-0.15, -0.1) is 0 Å². The lowest BCUT2D eigenvalue weighted by Gasteiger charge is -2.25. The highest BCUT2D eigenvalue weighted by molar-refractivity contribution is 6.12. The first kappa shape index (κ1) is 33.9. The monoisotopic (exact) mass is 989 g/mol. The number of hydrogen-bond donors (Lipinski definition) is 0. The molecule has 0 spiro atoms. The van der Waals surface area contributed by atoms with Gasteiger partial charge in [0, 0.05) is 42.2 Å². The maximum Gasteiger partial charge on any atom is 0.269 e. The Morgan fingerprint density at radius 2 is 1.13 bits per heavy atom. The molecule has 0 atom stereocenters. The third-order valence-corrected chi connectivity index (χ3v) is 14.2. The molecule has 0 saturated carbocycles. The number of para-hydroxylation sites is 5. The van der Waals surface area contributed by atoms with Gasteiger partial charge in [-0.1, -0.05) is 190 Å². The highest BCUT2D eigenvalue weighted by Gasteiger charge is 2.24. The summed E-state index contributed by atoms with van der Waals surface area (Å²) in [5, 5.41) is 4.12. The van der Waals surface area contributed by atoms with Crippen molar-refractivity contribution in [1.29, 1.82) is 0 Å². The summed E-state index contributed by atoms with van der Waals surface area (Å²) in [7, 11) is 0. The van der Waals surface area contributed by atoms with Crippen LogP contribution in [0.15, 0.2) is 261 Å². The molecule has 4 heterocycles. The Balaban J connectivity index is 0.924. The molecule has 0 unspecified atom stereocenters. The van der Waals surface area contributed by atoms with Crippen molar-refractivity contribution < 1.29 is 25.8 Å². The van der Waals surface area contributed by atoms with Crippen molar-refractivity contribution in [3.63, 3.8) is 0 Å². The molecule has 0 amide bonds. The van der Waals surface area contributed by atoms with E-state index in [9.17, 15) is 2.74 Å². The van der Waals surface area contributed by atoms with Gasteiger partial charge in [0.1, 0.15) is 17.3 Å². The highest BCUT2D eigenvalue weighted by Crippen LogP contribution is 2.40. The molecule has 14 aromatic rings. The van der Waals surface area contributed by atoms with Crippen molar-refractivity contribution in [2.24, 2.45) is 0 Å². The van der Waals surface area contributed by atoms with Crippen LogP contribution in [0.3, 0.4) is 0 Å². The maximum atomic E-state index is 9.72. The van der Waals surface area contributed by atoms with Crippen LogP contribution in [0.2, 0.25) is 0 Å². The Bertz CT molecular complexity index is 5030. The van der Waals surface area contributed by atoms with Gasteiger partial charge in [0.2, 0.25) is 0 Å². The fourth-order valence-electron chi connectivity index (χ4n) is 10.7. The zero-order chi connectivity index (χ0) is 61.2. The molecule has 0 saturated heterocycles. The summed E-state index contributed by atoms with van der Waals surface area (Å²) in [5.74, 6) is 1.45. The van der Waals surface area contributed by atoms with Crippen molar-refractivity contribution >= 4 is 54.6 Å². The van der Waals surface area contributed by atoms with Crippen LogP contribution in [0.4, 0.5) is 0 Å². The zero-order valence-corrected chi connectivity index (χ0v) is 41.2. The van der Waals surface area contributed by atoms with Gasteiger partial charge in [0.25, 0.3) is 6.33 Å². The maximum absolute atomic E-state index is 9.72. The van der Waals surface area contributed by atoms with E-state index in [4.69, 9.17) is 23.4 Å². The largest absolute Gasteiger partial charge is 0.458 e. The van der Waals surface area contributed by atoms with Crippen molar-refractivity contribution in [3.05, 3.63) is 278 Å². The first-order chi connectivity index (χ1) is 42.3. The highest BCUT2D eigenvalue weighted by atomic mass is 16.5. The first-order valence-electron chi connectivity index (χ1n) is 31.0. The Morgan fingerprint density at radius 3 is 1.86 bits per heavy atom. The van der Waals surface area contributed by atoms with E-state index < -0.39 is 72.2 Å². The molecule has 0 aliphatic heterocycles. The molecule has 4 aromatic heterocycles. The Labute approximate surface area is 458 Å². The number of benzene rings is 10. The summed E-state index contributed by atoms with van der Waals surface area (Å²) in [4.78, 5) is 4.95. The van der Waals surface area contributed by atoms with Crippen molar-refractivity contribution in [1.82, 2.24) is 18.7 Å². The number of aromatic nitrogens is 5. The molecule has 0 radical (unpaired) electrons. The van der Waals surface area contributed by atoms with Gasteiger partial charge in [-0.05, 0) is 118 Å². The number of pyridine rings is 1. The lowest BCUT2D eigenvalue weighted by molar-refractivity contribution is -0.571. The van der Waals surface area contributed by atoms with Crippen LogP contribution in [0.25, 0.3) is 99.8 Å². The molecule has 362 valence electrons. The second-order valence-electron chi connectivity index (χ2n) is 19.2. The molecule has 6 heteroatoms. The number of fused-ring (bicyclic) bond motifs is 7. The lowest BCUT2D eigenvalue weighted by atomic mass is 9.79. The van der Waals surface area contributed by atoms with Crippen LogP contribution < -0.4 is 9.30 Å². The summed E-state index contributed by atoms with van der Waals surface area (Å²) in [6.45, 7) is 3.84. The zero-order valence-electron chi connectivity index (χ0n) is 53.2. The molecule has 10 aromatic carbocycles. The topological polar surface area (TPSA) is 40.8 Å². The van der Waals surface area contributed by atoms with Crippen LogP contribution >= 0.6 is 0 Å². The second-order valence-corrected chi connectivity index (χ2v) is 19.2. The summed E-state index contributed by atoms with van der Waals surface area (Å²) in [6, 6.07) is 56.4. The predicted molar refractivity (Wildman–Crippen MR) is 311 cm³/mol. The number of nitrogens with zero attached hydrogens (tertiary/aromatic N) is 5. The van der Waals surface area contributed by atoms with E-state index in [1.54, 1.807) is 39.6 Å². The van der Waals surface area contributed by atoms with Gasteiger partial charge in [-0.25, -0.2) is 4.98 Å². The average molecular weight is 990 g/mol. The fourth-order valence-corrected chi connectivity index (χ4v) is 10.7. The Kier molecular flexibility index (Phi) is 8.15. The van der Waals surface area contributed by atoms with E-state index in [1.165, 1.54) is 0 Å². The van der Waals surface area contributed by atoms with Crippen molar-refractivity contribution in [2.75, 3.05) is 0 Å². The van der Waals surface area contributed by atoms with Crippen LogP contribution in [0.5, 0.6) is 11.5 Å². The molecule has 76 heavy (non-hydrogen) atoms. The van der Waals surface area contributed by atoms with E-state index in [0.717, 1.165) is 54.9 Å². The lowest BCUT2D eigenvalue weighted by Crippen LogP contribution is -2.31. The SMILES string of the molecule is [2H]c1c([2H])c([2H])c(-c2cccc(-c3c([2H])c([2H])c([2H])c([2H])c3[2H])c2-[n+]2[c-]n(-c3cccc(Oc4ccc5c6cc(-n7c8ccccc8c8ccccc87)ccc6n(-c6cc(C([2H])([2H])C(C)(C)c7ccccc7)ccn6)c5c4)c3)c3ccccc32)c([2H])c1[2H]. The summed E-state index contributed by atoms with van der Waals surface area (Å²) in [6.07, 6.45) is 3.28. The minimum absolute atomic E-state index is 0.134. The Morgan fingerprint density at radius 1 is 0.513 bits per heavy atom. The van der Waals surface area contributed by atoms with Gasteiger partial charge in [-0.3, -0.25) is 13.7 Å². The van der Waals surface area contributed by atoms with Crippen LogP contribution in [0.1, 0.15) is 41.4 Å². The van der Waals surface area contributed by atoms with Crippen molar-refractivity contribution in [2.45, 2.75) is 25.6 Å². The number of ether oxygens (including phenoxy) is 1. The summed E-state index contributed by atoms with van der Waals surface area (Å²) in [5.41, 5.74) is 6.93. The molecule has 0 N–H and O–H groups in total. The van der Waals surface area contributed by atoms with E-state index >= 15 is 0 Å². The van der Waals surface area contributed by atoms with Crippen molar-refractivity contribution in [3.8, 4) is 56.6 Å². The molecule has 0 bridgehead atoms. The van der Waals surface area contributed by atoms with Gasteiger partial charge in [-0.2, -0.15) is 0 Å². The molecular weight excluding hydrogens is 927 g/mol. The number of rotatable bonds is 11. The molecule has 14 rings (SSSR count). The van der Waals surface area contributed by atoms with Crippen LogP contribution in [-0.4, -0.2) is 18.7 Å². The van der Waals surface area contributed by atoms with Gasteiger partial charge < -0.3 is 9.30 Å². The fraction of sp³-hybridized carbons (Fsp3) is 0.0571. The average Bonchev–Trinajstić information content (AvgIpc) is 1.68. The minimum atomic E-state index is -1.84. The normalized spacial score (nSPS) is 14.3. The quantitative estimate of drug-likeness (QED) is 0.0957. The van der Waals surface area contributed by atoms with Gasteiger partial charge >= 0.3 is 0 Å². The minimum Gasteiger partial charge on any atom is -0.458 e. The second kappa shape index (κ2) is 18.3. The van der Waals surface area contributed by atoms with E-state index in [-0.39, 0.29) is 27.9 Å². The third-order valence-electron chi connectivity index (χ3n) is 14.2. The molecule has 0 fully saturated rings. The van der Waals surface area contributed by atoms with E-state index in [2.05, 4.69) is 70.1 Å². The molecule has 0 aliphatic rings. The first-order valence-corrected chi connectivity index (χ1v) is 25.0. The number of imidazole rings is 1. The molecule has 0 aliphatic carbocycles. The van der Waals surface area contributed by atoms with E-state index in [0.29, 0.717) is 39.6 Å². The van der Waals surface area contributed by atoms with Crippen LogP contribution in [-0.2, 0) is 11.8 Å². The number of hydrogen-bond acceptors (Lipinski definition) is 2. The Hall–Kier alpha value is -9.78. The molecular formula is C70H51N5O. The standard InChI is InChI=1S/C70H51N5O/c1-70(2,51-24-10-5-11-25-51)46-48-40-41-71-68(42-48)75-64-39-36-53(74-62-32-14-12-28-58(62)59-29-13-15-33-63(59)74)44-61(64)60-38-37-55(45-67(60)75)76-54-27-18-26-52(43-54)72-47-73(66-35-17-16-34-65(66)72)69-56(49-20-6-3-7-21-49)30-19-31-57(69)50-22-8-4-9-23-50/h3-45H,46H2,1-2H3/i3D,4D,6D,7D,8D,9D,20D,21D,22D,23D,46D2. The third kappa shape index (κ3) is 7.73. The van der Waals surface area contributed by atoms with Crippen LogP contribution in [0, 0.1) is 6.33 Å². The van der Waals surface area contributed by atoms with Gasteiger partial charge in [0.05, 0.1) is 58.2 Å². The molecule has 6 nitrogen and oxygen atoms in total. The summed E-state index contributed by atoms with van der Waals surface area (Å²) < 4.78 is 122. The van der Waals surface area contributed by atoms with Gasteiger partial charge in [0.15, 0.2) is 0 Å². The summed E-state index contributed by atoms with van der Waals surface area (Å²) >= 11 is 0. The predicted octanol–water partition coefficient (Wildman–Crippen LogP) is 16.9. The smallest absolute Gasteiger partial charge is 0.269 e.